The number of aryl methyl sites for hydroxylation is 2. The van der Waals surface area contributed by atoms with Gasteiger partial charge in [-0.2, -0.15) is 0 Å². The van der Waals surface area contributed by atoms with E-state index in [2.05, 4.69) is 36.5 Å². The van der Waals surface area contributed by atoms with Crippen molar-refractivity contribution >= 4 is 44.6 Å². The first-order chi connectivity index (χ1) is 12.8. The fourth-order valence-corrected chi connectivity index (χ4v) is 2.74. The molecule has 1 aromatic heterocycles. The molecule has 9 heteroatoms. The Kier molecular flexibility index (Phi) is 5.31. The van der Waals surface area contributed by atoms with Crippen molar-refractivity contribution < 1.29 is 9.31 Å². The summed E-state index contributed by atoms with van der Waals surface area (Å²) in [5.41, 5.74) is 2.48. The van der Waals surface area contributed by atoms with Crippen molar-refractivity contribution in [1.29, 1.82) is 0 Å². The third kappa shape index (κ3) is 4.20. The predicted molar refractivity (Wildman–Crippen MR) is 105 cm³/mol. The molecule has 0 atom stereocenters. The number of nitro groups is 1. The summed E-state index contributed by atoms with van der Waals surface area (Å²) in [5.74, 6) is -0.665. The Hall–Kier alpha value is -3.07. The summed E-state index contributed by atoms with van der Waals surface area (Å²) in [6.07, 6.45) is 1.18. The normalized spacial score (nSPS) is 10.5. The standard InChI is InChI=1S/C18H15BrFN5O2/c1-10-3-5-13(7-11(10)2)23-17-16(25(26)27)18(22-9-21-17)24-15-6-4-12(19)8-14(15)20/h3-9H,1-2H3,(H2,21,22,23,24). The van der Waals surface area contributed by atoms with Crippen molar-refractivity contribution in [3.63, 3.8) is 0 Å². The molecule has 27 heavy (non-hydrogen) atoms. The second-order valence-corrected chi connectivity index (χ2v) is 6.77. The smallest absolute Gasteiger partial charge is 0.334 e. The summed E-state index contributed by atoms with van der Waals surface area (Å²) in [5, 5.41) is 17.2. The molecule has 0 aliphatic carbocycles. The minimum atomic E-state index is -0.609. The van der Waals surface area contributed by atoms with Gasteiger partial charge < -0.3 is 10.6 Å². The Morgan fingerprint density at radius 3 is 2.37 bits per heavy atom. The maximum atomic E-state index is 14.1. The molecular formula is C18H15BrFN5O2. The third-order valence-electron chi connectivity index (χ3n) is 3.96. The first-order valence-corrected chi connectivity index (χ1v) is 8.70. The summed E-state index contributed by atoms with van der Waals surface area (Å²) >= 11 is 3.17. The Labute approximate surface area is 163 Å². The summed E-state index contributed by atoms with van der Waals surface area (Å²) < 4.78 is 14.6. The van der Waals surface area contributed by atoms with Crippen LogP contribution in [0, 0.1) is 29.8 Å². The quantitative estimate of drug-likeness (QED) is 0.415. The zero-order valence-corrected chi connectivity index (χ0v) is 16.0. The molecule has 3 rings (SSSR count). The number of hydrogen-bond donors (Lipinski definition) is 2. The number of aromatic nitrogens is 2. The highest BCUT2D eigenvalue weighted by Crippen LogP contribution is 2.34. The van der Waals surface area contributed by atoms with Gasteiger partial charge in [0.1, 0.15) is 12.1 Å². The molecule has 0 radical (unpaired) electrons. The Balaban J connectivity index is 1.99. The highest BCUT2D eigenvalue weighted by Gasteiger charge is 2.24. The fourth-order valence-electron chi connectivity index (χ4n) is 2.41. The SMILES string of the molecule is Cc1ccc(Nc2ncnc(Nc3ccc(Br)cc3F)c2[N+](=O)[O-])cc1C. The lowest BCUT2D eigenvalue weighted by atomic mass is 10.1. The maximum Gasteiger partial charge on any atom is 0.353 e. The van der Waals surface area contributed by atoms with Gasteiger partial charge in [0, 0.05) is 10.2 Å². The van der Waals surface area contributed by atoms with Gasteiger partial charge in [-0.3, -0.25) is 10.1 Å². The van der Waals surface area contributed by atoms with Crippen molar-refractivity contribution in [2.24, 2.45) is 0 Å². The van der Waals surface area contributed by atoms with E-state index in [-0.39, 0.29) is 23.0 Å². The molecule has 0 saturated heterocycles. The van der Waals surface area contributed by atoms with Crippen molar-refractivity contribution in [2.45, 2.75) is 13.8 Å². The zero-order valence-electron chi connectivity index (χ0n) is 14.5. The monoisotopic (exact) mass is 431 g/mol. The molecule has 138 valence electrons. The lowest BCUT2D eigenvalue weighted by Gasteiger charge is -2.11. The summed E-state index contributed by atoms with van der Waals surface area (Å²) in [4.78, 5) is 18.9. The van der Waals surface area contributed by atoms with Crippen LogP contribution in [0.4, 0.5) is 33.1 Å². The molecule has 0 unspecified atom stereocenters. The summed E-state index contributed by atoms with van der Waals surface area (Å²) in [6.45, 7) is 3.92. The number of anilines is 4. The van der Waals surface area contributed by atoms with E-state index < -0.39 is 10.7 Å². The minimum absolute atomic E-state index is 0.0123. The van der Waals surface area contributed by atoms with Crippen molar-refractivity contribution in [1.82, 2.24) is 9.97 Å². The van der Waals surface area contributed by atoms with Crippen LogP contribution in [0.15, 0.2) is 47.2 Å². The largest absolute Gasteiger partial charge is 0.353 e. The Bertz CT molecular complexity index is 1030. The molecule has 0 bridgehead atoms. The molecule has 0 aliphatic rings. The van der Waals surface area contributed by atoms with Crippen molar-refractivity contribution in [3.8, 4) is 0 Å². The second-order valence-electron chi connectivity index (χ2n) is 5.85. The fraction of sp³-hybridized carbons (Fsp3) is 0.111. The number of benzene rings is 2. The van der Waals surface area contributed by atoms with E-state index in [1.54, 1.807) is 12.1 Å². The average molecular weight is 432 g/mol. The predicted octanol–water partition coefficient (Wildman–Crippen LogP) is 5.39. The van der Waals surface area contributed by atoms with Crippen LogP contribution < -0.4 is 10.6 Å². The highest BCUT2D eigenvalue weighted by molar-refractivity contribution is 9.10. The van der Waals surface area contributed by atoms with Crippen LogP contribution in [0.5, 0.6) is 0 Å². The Morgan fingerprint density at radius 1 is 1.04 bits per heavy atom. The summed E-state index contributed by atoms with van der Waals surface area (Å²) in [6, 6.07) is 9.90. The van der Waals surface area contributed by atoms with E-state index in [0.29, 0.717) is 10.2 Å². The van der Waals surface area contributed by atoms with E-state index in [1.165, 1.54) is 18.5 Å². The van der Waals surface area contributed by atoms with Crippen LogP contribution in [0.25, 0.3) is 0 Å². The van der Waals surface area contributed by atoms with E-state index in [9.17, 15) is 14.5 Å². The van der Waals surface area contributed by atoms with Crippen molar-refractivity contribution in [3.05, 3.63) is 74.3 Å². The lowest BCUT2D eigenvalue weighted by Crippen LogP contribution is -2.06. The van der Waals surface area contributed by atoms with Crippen molar-refractivity contribution in [2.75, 3.05) is 10.6 Å². The molecule has 2 N–H and O–H groups in total. The third-order valence-corrected chi connectivity index (χ3v) is 4.45. The molecular weight excluding hydrogens is 417 g/mol. The average Bonchev–Trinajstić information content (AvgIpc) is 2.60. The Morgan fingerprint density at radius 2 is 1.74 bits per heavy atom. The highest BCUT2D eigenvalue weighted by atomic mass is 79.9. The van der Waals surface area contributed by atoms with Gasteiger partial charge in [-0.05, 0) is 55.3 Å². The number of nitrogens with one attached hydrogen (secondary N) is 2. The van der Waals surface area contributed by atoms with Gasteiger partial charge in [-0.1, -0.05) is 22.0 Å². The van der Waals surface area contributed by atoms with Gasteiger partial charge in [0.15, 0.2) is 0 Å². The molecule has 3 aromatic rings. The maximum absolute atomic E-state index is 14.1. The van der Waals surface area contributed by atoms with Gasteiger partial charge in [-0.15, -0.1) is 0 Å². The van der Waals surface area contributed by atoms with Gasteiger partial charge in [0.25, 0.3) is 0 Å². The number of nitrogens with zero attached hydrogens (tertiary/aromatic N) is 3. The molecule has 0 amide bonds. The van der Waals surface area contributed by atoms with Gasteiger partial charge >= 0.3 is 5.69 Å². The topological polar surface area (TPSA) is 93.0 Å². The molecule has 0 saturated carbocycles. The lowest BCUT2D eigenvalue weighted by molar-refractivity contribution is -0.383. The van der Waals surface area contributed by atoms with Crippen LogP contribution >= 0.6 is 15.9 Å². The van der Waals surface area contributed by atoms with Gasteiger partial charge in [0.2, 0.25) is 11.6 Å². The summed E-state index contributed by atoms with van der Waals surface area (Å²) in [7, 11) is 0. The van der Waals surface area contributed by atoms with Gasteiger partial charge in [-0.25, -0.2) is 14.4 Å². The van der Waals surface area contributed by atoms with E-state index in [1.807, 2.05) is 26.0 Å². The molecule has 0 aliphatic heterocycles. The minimum Gasteiger partial charge on any atom is -0.334 e. The van der Waals surface area contributed by atoms with E-state index in [0.717, 1.165) is 11.1 Å². The van der Waals surface area contributed by atoms with Crippen LogP contribution in [0.1, 0.15) is 11.1 Å². The second kappa shape index (κ2) is 7.67. The number of rotatable bonds is 5. The first-order valence-electron chi connectivity index (χ1n) is 7.91. The van der Waals surface area contributed by atoms with Crippen LogP contribution in [-0.4, -0.2) is 14.9 Å². The molecule has 0 fully saturated rings. The first kappa shape index (κ1) is 18.7. The molecule has 1 heterocycles. The molecule has 2 aromatic carbocycles. The van der Waals surface area contributed by atoms with Crippen LogP contribution in [-0.2, 0) is 0 Å². The number of hydrogen-bond acceptors (Lipinski definition) is 6. The molecule has 7 nitrogen and oxygen atoms in total. The van der Waals surface area contributed by atoms with E-state index in [4.69, 9.17) is 0 Å². The van der Waals surface area contributed by atoms with Gasteiger partial charge in [0.05, 0.1) is 10.6 Å². The number of halogens is 2. The zero-order chi connectivity index (χ0) is 19.6. The van der Waals surface area contributed by atoms with Crippen LogP contribution in [0.2, 0.25) is 0 Å². The van der Waals surface area contributed by atoms with E-state index >= 15 is 0 Å². The molecule has 0 spiro atoms. The van der Waals surface area contributed by atoms with Crippen LogP contribution in [0.3, 0.4) is 0 Å².